The fourth-order valence-corrected chi connectivity index (χ4v) is 3.06. The SMILES string of the molecule is CC(C)(C)OC(=O)CC1CNCCS1(=O)=O. The summed E-state index contributed by atoms with van der Waals surface area (Å²) in [6.45, 7) is 6.09. The molecule has 0 bridgehead atoms. The second-order valence-corrected chi connectivity index (χ2v) is 7.38. The Balaban J connectivity index is 2.57. The fraction of sp³-hybridized carbons (Fsp3) is 0.900. The van der Waals surface area contributed by atoms with Gasteiger partial charge in [-0.15, -0.1) is 0 Å². The van der Waals surface area contributed by atoms with Crippen LogP contribution in [0.25, 0.3) is 0 Å². The average molecular weight is 249 g/mol. The molecule has 1 unspecified atom stereocenters. The first-order valence-electron chi connectivity index (χ1n) is 5.35. The minimum atomic E-state index is -3.14. The van der Waals surface area contributed by atoms with Crippen LogP contribution in [0.2, 0.25) is 0 Å². The predicted octanol–water partition coefficient (Wildman–Crippen LogP) is 0.105. The van der Waals surface area contributed by atoms with Crippen molar-refractivity contribution < 1.29 is 17.9 Å². The van der Waals surface area contributed by atoms with Crippen LogP contribution < -0.4 is 5.32 Å². The normalized spacial score (nSPS) is 25.1. The molecule has 1 fully saturated rings. The number of sulfone groups is 1. The highest BCUT2D eigenvalue weighted by Gasteiger charge is 2.32. The lowest BCUT2D eigenvalue weighted by molar-refractivity contribution is -0.154. The van der Waals surface area contributed by atoms with Gasteiger partial charge in [-0.2, -0.15) is 0 Å². The molecule has 0 radical (unpaired) electrons. The first-order chi connectivity index (χ1) is 7.21. The first kappa shape index (κ1) is 13.4. The van der Waals surface area contributed by atoms with Gasteiger partial charge in [0.05, 0.1) is 17.4 Å². The second-order valence-electron chi connectivity index (χ2n) is 4.98. The summed E-state index contributed by atoms with van der Waals surface area (Å²) in [5.41, 5.74) is -0.567. The van der Waals surface area contributed by atoms with Gasteiger partial charge in [-0.25, -0.2) is 8.42 Å². The van der Waals surface area contributed by atoms with Crippen LogP contribution in [0.4, 0.5) is 0 Å². The largest absolute Gasteiger partial charge is 0.460 e. The van der Waals surface area contributed by atoms with E-state index in [1.807, 2.05) is 0 Å². The van der Waals surface area contributed by atoms with Gasteiger partial charge in [0.25, 0.3) is 0 Å². The molecule has 94 valence electrons. The van der Waals surface area contributed by atoms with E-state index in [2.05, 4.69) is 5.32 Å². The maximum absolute atomic E-state index is 11.6. The third-order valence-corrected chi connectivity index (χ3v) is 4.38. The zero-order chi connectivity index (χ0) is 12.4. The van der Waals surface area contributed by atoms with Crippen LogP contribution in [-0.2, 0) is 19.4 Å². The van der Waals surface area contributed by atoms with Crippen molar-refractivity contribution in [2.75, 3.05) is 18.8 Å². The molecule has 6 heteroatoms. The summed E-state index contributed by atoms with van der Waals surface area (Å²) < 4.78 is 28.4. The molecule has 0 aromatic carbocycles. The lowest BCUT2D eigenvalue weighted by Crippen LogP contribution is -2.45. The van der Waals surface area contributed by atoms with E-state index in [4.69, 9.17) is 4.74 Å². The summed E-state index contributed by atoms with van der Waals surface area (Å²) >= 11 is 0. The van der Waals surface area contributed by atoms with Crippen LogP contribution in [0.15, 0.2) is 0 Å². The Morgan fingerprint density at radius 2 is 2.06 bits per heavy atom. The second kappa shape index (κ2) is 4.71. The Hall–Kier alpha value is -0.620. The highest BCUT2D eigenvalue weighted by atomic mass is 32.2. The van der Waals surface area contributed by atoms with E-state index in [0.29, 0.717) is 13.1 Å². The summed E-state index contributed by atoms with van der Waals surface area (Å²) in [4.78, 5) is 11.5. The van der Waals surface area contributed by atoms with Crippen LogP contribution in [0, 0.1) is 0 Å². The van der Waals surface area contributed by atoms with Crippen molar-refractivity contribution in [2.24, 2.45) is 0 Å². The maximum atomic E-state index is 11.6. The van der Waals surface area contributed by atoms with Gasteiger partial charge >= 0.3 is 5.97 Å². The van der Waals surface area contributed by atoms with E-state index >= 15 is 0 Å². The van der Waals surface area contributed by atoms with Gasteiger partial charge < -0.3 is 10.1 Å². The number of esters is 1. The molecule has 0 saturated carbocycles. The quantitative estimate of drug-likeness (QED) is 0.703. The Bertz CT molecular complexity index is 356. The van der Waals surface area contributed by atoms with E-state index in [9.17, 15) is 13.2 Å². The lowest BCUT2D eigenvalue weighted by atomic mass is 10.2. The Labute approximate surface area is 96.5 Å². The molecule has 0 amide bonds. The summed E-state index contributed by atoms with van der Waals surface area (Å²) in [5, 5.41) is 2.33. The molecular weight excluding hydrogens is 230 g/mol. The fourth-order valence-electron chi connectivity index (χ4n) is 1.54. The highest BCUT2D eigenvalue weighted by molar-refractivity contribution is 7.92. The van der Waals surface area contributed by atoms with E-state index < -0.39 is 26.7 Å². The van der Waals surface area contributed by atoms with Gasteiger partial charge in [-0.05, 0) is 20.8 Å². The molecule has 1 aliphatic heterocycles. The van der Waals surface area contributed by atoms with Gasteiger partial charge in [0.1, 0.15) is 5.60 Å². The van der Waals surface area contributed by atoms with Gasteiger partial charge in [0, 0.05) is 13.1 Å². The zero-order valence-electron chi connectivity index (χ0n) is 9.95. The summed E-state index contributed by atoms with van der Waals surface area (Å²) in [5.74, 6) is -0.356. The molecule has 16 heavy (non-hydrogen) atoms. The number of nitrogens with one attached hydrogen (secondary N) is 1. The Morgan fingerprint density at radius 1 is 1.44 bits per heavy atom. The number of ether oxygens (including phenoxy) is 1. The topological polar surface area (TPSA) is 72.5 Å². The van der Waals surface area contributed by atoms with Crippen LogP contribution in [-0.4, -0.2) is 44.1 Å². The molecule has 0 spiro atoms. The molecule has 1 heterocycles. The molecule has 1 saturated heterocycles. The van der Waals surface area contributed by atoms with Crippen molar-refractivity contribution >= 4 is 15.8 Å². The number of hydrogen-bond acceptors (Lipinski definition) is 5. The first-order valence-corrected chi connectivity index (χ1v) is 7.06. The van der Waals surface area contributed by atoms with Gasteiger partial charge in [0.2, 0.25) is 0 Å². The summed E-state index contributed by atoms with van der Waals surface area (Å²) in [7, 11) is -3.14. The summed E-state index contributed by atoms with van der Waals surface area (Å²) in [6, 6.07) is 0. The van der Waals surface area contributed by atoms with E-state index in [1.54, 1.807) is 20.8 Å². The van der Waals surface area contributed by atoms with Gasteiger partial charge in [0.15, 0.2) is 9.84 Å². The maximum Gasteiger partial charge on any atom is 0.307 e. The minimum absolute atomic E-state index is 0.0629. The van der Waals surface area contributed by atoms with Gasteiger partial charge in [-0.1, -0.05) is 0 Å². The molecule has 0 aromatic rings. The third kappa shape index (κ3) is 4.09. The molecule has 1 aliphatic rings. The number of carbonyl (C=O) groups excluding carboxylic acids is 1. The molecule has 1 atom stereocenters. The van der Waals surface area contributed by atoms with Crippen molar-refractivity contribution in [1.82, 2.24) is 5.32 Å². The predicted molar refractivity (Wildman–Crippen MR) is 60.9 cm³/mol. The summed E-state index contributed by atoms with van der Waals surface area (Å²) in [6.07, 6.45) is -0.0629. The van der Waals surface area contributed by atoms with Crippen molar-refractivity contribution in [3.05, 3.63) is 0 Å². The highest BCUT2D eigenvalue weighted by Crippen LogP contribution is 2.14. The van der Waals surface area contributed by atoms with Crippen molar-refractivity contribution in [3.8, 4) is 0 Å². The minimum Gasteiger partial charge on any atom is -0.460 e. The molecule has 0 aromatic heterocycles. The number of hydrogen-bond donors (Lipinski definition) is 1. The third-order valence-electron chi connectivity index (χ3n) is 2.26. The van der Waals surface area contributed by atoms with Crippen LogP contribution in [0.5, 0.6) is 0 Å². The molecular formula is C10H19NO4S. The smallest absolute Gasteiger partial charge is 0.307 e. The van der Waals surface area contributed by atoms with E-state index in [1.165, 1.54) is 0 Å². The molecule has 1 rings (SSSR count). The standard InChI is InChI=1S/C10H19NO4S/c1-10(2,3)15-9(12)6-8-7-11-4-5-16(8,13)14/h8,11H,4-7H2,1-3H3. The van der Waals surface area contributed by atoms with Crippen molar-refractivity contribution in [3.63, 3.8) is 0 Å². The van der Waals surface area contributed by atoms with E-state index in [-0.39, 0.29) is 12.2 Å². The molecule has 0 aliphatic carbocycles. The average Bonchev–Trinajstić information content (AvgIpc) is 2.05. The Morgan fingerprint density at radius 3 is 2.56 bits per heavy atom. The lowest BCUT2D eigenvalue weighted by Gasteiger charge is -2.25. The van der Waals surface area contributed by atoms with Crippen molar-refractivity contribution in [1.29, 1.82) is 0 Å². The molecule has 1 N–H and O–H groups in total. The monoisotopic (exact) mass is 249 g/mol. The van der Waals surface area contributed by atoms with E-state index in [0.717, 1.165) is 0 Å². The Kier molecular flexibility index (Phi) is 3.96. The number of rotatable bonds is 2. The zero-order valence-corrected chi connectivity index (χ0v) is 10.8. The van der Waals surface area contributed by atoms with Crippen LogP contribution in [0.1, 0.15) is 27.2 Å². The van der Waals surface area contributed by atoms with Crippen molar-refractivity contribution in [2.45, 2.75) is 38.0 Å². The van der Waals surface area contributed by atoms with Crippen LogP contribution in [0.3, 0.4) is 0 Å². The molecule has 5 nitrogen and oxygen atoms in total. The number of carbonyl (C=O) groups is 1. The van der Waals surface area contributed by atoms with Crippen LogP contribution >= 0.6 is 0 Å². The van der Waals surface area contributed by atoms with Gasteiger partial charge in [-0.3, -0.25) is 4.79 Å².